The Bertz CT molecular complexity index is 471. The number of morpholine rings is 1. The maximum Gasteiger partial charge on any atom is 0.146 e. The SMILES string of the molecule is Fc1cccc(CCCN2CCOCC2)c1N1CCNCC1. The first-order valence-corrected chi connectivity index (χ1v) is 8.38. The standard InChI is InChI=1S/C17H26FN3O/c18-16-5-1-3-15(17(16)21-9-6-19-7-10-21)4-2-8-20-11-13-22-14-12-20/h1,3,5,19H,2,4,6-14H2. The highest BCUT2D eigenvalue weighted by Crippen LogP contribution is 2.26. The molecule has 2 aliphatic rings. The second-order valence-electron chi connectivity index (χ2n) is 6.04. The fourth-order valence-electron chi connectivity index (χ4n) is 3.32. The van der Waals surface area contributed by atoms with Crippen molar-refractivity contribution in [2.45, 2.75) is 12.8 Å². The number of anilines is 1. The molecule has 0 spiro atoms. The fourth-order valence-corrected chi connectivity index (χ4v) is 3.32. The number of hydrogen-bond acceptors (Lipinski definition) is 4. The predicted molar refractivity (Wildman–Crippen MR) is 87.1 cm³/mol. The summed E-state index contributed by atoms with van der Waals surface area (Å²) in [6.07, 6.45) is 2.01. The zero-order chi connectivity index (χ0) is 15.2. The third-order valence-electron chi connectivity index (χ3n) is 4.53. The Balaban J connectivity index is 1.61. The van der Waals surface area contributed by atoms with Crippen LogP contribution in [0.15, 0.2) is 18.2 Å². The number of rotatable bonds is 5. The van der Waals surface area contributed by atoms with Crippen molar-refractivity contribution in [3.63, 3.8) is 0 Å². The van der Waals surface area contributed by atoms with E-state index in [1.165, 1.54) is 0 Å². The van der Waals surface area contributed by atoms with Crippen molar-refractivity contribution in [3.8, 4) is 0 Å². The van der Waals surface area contributed by atoms with Gasteiger partial charge in [0, 0.05) is 39.3 Å². The van der Waals surface area contributed by atoms with Gasteiger partial charge in [-0.2, -0.15) is 0 Å². The molecule has 3 rings (SSSR count). The van der Waals surface area contributed by atoms with Crippen LogP contribution in [0, 0.1) is 5.82 Å². The van der Waals surface area contributed by atoms with Gasteiger partial charge in [-0.05, 0) is 31.0 Å². The molecule has 0 radical (unpaired) electrons. The molecular formula is C17H26FN3O. The van der Waals surface area contributed by atoms with Crippen molar-refractivity contribution in [1.82, 2.24) is 10.2 Å². The minimum atomic E-state index is -0.0780. The third-order valence-corrected chi connectivity index (χ3v) is 4.53. The Morgan fingerprint density at radius 2 is 1.86 bits per heavy atom. The highest BCUT2D eigenvalue weighted by molar-refractivity contribution is 5.55. The Morgan fingerprint density at radius 1 is 1.09 bits per heavy atom. The van der Waals surface area contributed by atoms with Crippen LogP contribution in [-0.2, 0) is 11.2 Å². The van der Waals surface area contributed by atoms with E-state index in [-0.39, 0.29) is 5.82 Å². The molecule has 2 saturated heterocycles. The van der Waals surface area contributed by atoms with Crippen LogP contribution in [0.2, 0.25) is 0 Å². The van der Waals surface area contributed by atoms with E-state index in [2.05, 4.69) is 21.2 Å². The summed E-state index contributed by atoms with van der Waals surface area (Å²) in [5.41, 5.74) is 1.97. The summed E-state index contributed by atoms with van der Waals surface area (Å²) in [6.45, 7) is 8.43. The molecule has 1 aromatic rings. The van der Waals surface area contributed by atoms with Crippen LogP contribution in [-0.4, -0.2) is 63.9 Å². The Morgan fingerprint density at radius 3 is 2.64 bits per heavy atom. The molecule has 122 valence electrons. The van der Waals surface area contributed by atoms with E-state index in [1.54, 1.807) is 6.07 Å². The van der Waals surface area contributed by atoms with E-state index >= 15 is 0 Å². The van der Waals surface area contributed by atoms with E-state index in [0.717, 1.165) is 83.1 Å². The highest BCUT2D eigenvalue weighted by atomic mass is 19.1. The lowest BCUT2D eigenvalue weighted by atomic mass is 10.0. The molecule has 22 heavy (non-hydrogen) atoms. The van der Waals surface area contributed by atoms with Crippen LogP contribution >= 0.6 is 0 Å². The van der Waals surface area contributed by atoms with Crippen molar-refractivity contribution in [2.75, 3.05) is 63.9 Å². The third kappa shape index (κ3) is 3.97. The Labute approximate surface area is 132 Å². The summed E-state index contributed by atoms with van der Waals surface area (Å²) in [7, 11) is 0. The molecule has 0 saturated carbocycles. The predicted octanol–water partition coefficient (Wildman–Crippen LogP) is 1.50. The van der Waals surface area contributed by atoms with Crippen LogP contribution in [0.25, 0.3) is 0 Å². The molecule has 1 aromatic carbocycles. The van der Waals surface area contributed by atoms with Gasteiger partial charge in [-0.1, -0.05) is 12.1 Å². The van der Waals surface area contributed by atoms with Gasteiger partial charge in [-0.3, -0.25) is 4.90 Å². The summed E-state index contributed by atoms with van der Waals surface area (Å²) in [5, 5.41) is 3.33. The van der Waals surface area contributed by atoms with Gasteiger partial charge in [0.15, 0.2) is 0 Å². The molecule has 5 heteroatoms. The molecule has 2 heterocycles. The minimum absolute atomic E-state index is 0.0780. The average molecular weight is 307 g/mol. The van der Waals surface area contributed by atoms with Gasteiger partial charge in [0.1, 0.15) is 5.82 Å². The number of hydrogen-bond donors (Lipinski definition) is 1. The molecule has 0 bridgehead atoms. The molecule has 0 aliphatic carbocycles. The number of halogens is 1. The smallest absolute Gasteiger partial charge is 0.146 e. The topological polar surface area (TPSA) is 27.7 Å². The number of nitrogens with zero attached hydrogens (tertiary/aromatic N) is 2. The molecule has 2 aliphatic heterocycles. The molecule has 0 amide bonds. The normalized spacial score (nSPS) is 20.3. The van der Waals surface area contributed by atoms with Gasteiger partial charge in [0.2, 0.25) is 0 Å². The number of piperazine rings is 1. The summed E-state index contributed by atoms with van der Waals surface area (Å²) < 4.78 is 19.7. The van der Waals surface area contributed by atoms with Gasteiger partial charge in [0.25, 0.3) is 0 Å². The van der Waals surface area contributed by atoms with E-state index in [0.29, 0.717) is 0 Å². The molecule has 1 N–H and O–H groups in total. The number of para-hydroxylation sites is 1. The van der Waals surface area contributed by atoms with Crippen molar-refractivity contribution < 1.29 is 9.13 Å². The first kappa shape index (κ1) is 15.7. The first-order valence-electron chi connectivity index (χ1n) is 8.38. The minimum Gasteiger partial charge on any atom is -0.379 e. The van der Waals surface area contributed by atoms with E-state index in [4.69, 9.17) is 4.74 Å². The number of aryl methyl sites for hydroxylation is 1. The van der Waals surface area contributed by atoms with Crippen LogP contribution in [0.3, 0.4) is 0 Å². The number of benzene rings is 1. The molecule has 0 unspecified atom stereocenters. The Hall–Kier alpha value is -1.17. The van der Waals surface area contributed by atoms with Gasteiger partial charge >= 0.3 is 0 Å². The summed E-state index contributed by atoms with van der Waals surface area (Å²) in [6, 6.07) is 5.51. The zero-order valence-corrected chi connectivity index (χ0v) is 13.2. The molecule has 0 aromatic heterocycles. The quantitative estimate of drug-likeness (QED) is 0.892. The second kappa shape index (κ2) is 7.90. The van der Waals surface area contributed by atoms with E-state index < -0.39 is 0 Å². The lowest BCUT2D eigenvalue weighted by Crippen LogP contribution is -2.44. The van der Waals surface area contributed by atoms with E-state index in [9.17, 15) is 4.39 Å². The van der Waals surface area contributed by atoms with Crippen LogP contribution in [0.1, 0.15) is 12.0 Å². The molecule has 0 atom stereocenters. The average Bonchev–Trinajstić information content (AvgIpc) is 2.57. The van der Waals surface area contributed by atoms with Crippen molar-refractivity contribution in [2.24, 2.45) is 0 Å². The van der Waals surface area contributed by atoms with Gasteiger partial charge in [-0.25, -0.2) is 4.39 Å². The summed E-state index contributed by atoms with van der Waals surface area (Å²) in [4.78, 5) is 4.63. The number of nitrogens with one attached hydrogen (secondary N) is 1. The second-order valence-corrected chi connectivity index (χ2v) is 6.04. The van der Waals surface area contributed by atoms with Crippen molar-refractivity contribution in [1.29, 1.82) is 0 Å². The molecular weight excluding hydrogens is 281 g/mol. The largest absolute Gasteiger partial charge is 0.379 e. The zero-order valence-electron chi connectivity index (χ0n) is 13.2. The van der Waals surface area contributed by atoms with E-state index in [1.807, 2.05) is 6.07 Å². The van der Waals surface area contributed by atoms with Crippen LogP contribution in [0.4, 0.5) is 10.1 Å². The molecule has 4 nitrogen and oxygen atoms in total. The van der Waals surface area contributed by atoms with Gasteiger partial charge in [-0.15, -0.1) is 0 Å². The number of ether oxygens (including phenoxy) is 1. The van der Waals surface area contributed by atoms with Crippen molar-refractivity contribution in [3.05, 3.63) is 29.6 Å². The molecule has 2 fully saturated rings. The maximum atomic E-state index is 14.3. The van der Waals surface area contributed by atoms with Gasteiger partial charge in [0.05, 0.1) is 18.9 Å². The maximum absolute atomic E-state index is 14.3. The van der Waals surface area contributed by atoms with Crippen LogP contribution in [0.5, 0.6) is 0 Å². The van der Waals surface area contributed by atoms with Crippen LogP contribution < -0.4 is 10.2 Å². The fraction of sp³-hybridized carbons (Fsp3) is 0.647. The van der Waals surface area contributed by atoms with Gasteiger partial charge < -0.3 is 15.0 Å². The van der Waals surface area contributed by atoms with Crippen molar-refractivity contribution >= 4 is 5.69 Å². The lowest BCUT2D eigenvalue weighted by Gasteiger charge is -2.32. The lowest BCUT2D eigenvalue weighted by molar-refractivity contribution is 0.0375. The monoisotopic (exact) mass is 307 g/mol. The first-order chi connectivity index (χ1) is 10.8. The summed E-state index contributed by atoms with van der Waals surface area (Å²) >= 11 is 0. The summed E-state index contributed by atoms with van der Waals surface area (Å²) in [5.74, 6) is -0.0780. The Kier molecular flexibility index (Phi) is 5.64. The highest BCUT2D eigenvalue weighted by Gasteiger charge is 2.18.